The smallest absolute Gasteiger partial charge is 0.242 e. The van der Waals surface area contributed by atoms with Crippen LogP contribution in [0, 0.1) is 12.7 Å². The molecular weight excluding hydrogens is 355 g/mol. The summed E-state index contributed by atoms with van der Waals surface area (Å²) < 4.78 is 13.1. The van der Waals surface area contributed by atoms with Crippen molar-refractivity contribution >= 4 is 11.8 Å². The van der Waals surface area contributed by atoms with E-state index < -0.39 is 6.04 Å². The Bertz CT molecular complexity index is 787. The Morgan fingerprint density at radius 1 is 1.00 bits per heavy atom. The van der Waals surface area contributed by atoms with Crippen molar-refractivity contribution in [3.8, 4) is 0 Å². The minimum Gasteiger partial charge on any atom is -0.352 e. The maximum Gasteiger partial charge on any atom is 0.242 e. The van der Waals surface area contributed by atoms with Gasteiger partial charge >= 0.3 is 0 Å². The third-order valence-corrected chi connectivity index (χ3v) is 4.91. The number of amides is 2. The second-order valence-corrected chi connectivity index (χ2v) is 7.30. The molecule has 28 heavy (non-hydrogen) atoms. The topological polar surface area (TPSA) is 49.4 Å². The van der Waals surface area contributed by atoms with Crippen LogP contribution in [0.3, 0.4) is 0 Å². The van der Waals surface area contributed by atoms with Gasteiger partial charge in [-0.15, -0.1) is 0 Å². The molecule has 150 valence electrons. The first kappa shape index (κ1) is 21.6. The zero-order valence-corrected chi connectivity index (χ0v) is 17.0. The van der Waals surface area contributed by atoms with Crippen molar-refractivity contribution in [2.45, 2.75) is 59.2 Å². The van der Waals surface area contributed by atoms with E-state index in [1.807, 2.05) is 45.0 Å². The fourth-order valence-corrected chi connectivity index (χ4v) is 2.82. The number of hydrogen-bond acceptors (Lipinski definition) is 2. The Morgan fingerprint density at radius 3 is 2.14 bits per heavy atom. The standard InChI is InChI=1S/C23H29FN2O2/c1-5-17(3)25-23(28)18(4)26(15-20-8-6-16(2)7-9-20)22(27)14-19-10-12-21(24)13-11-19/h6-13,17-18H,5,14-15H2,1-4H3,(H,25,28). The van der Waals surface area contributed by atoms with Crippen LogP contribution in [-0.4, -0.2) is 28.8 Å². The molecular formula is C23H29FN2O2. The number of carbonyl (C=O) groups is 2. The summed E-state index contributed by atoms with van der Waals surface area (Å²) in [6, 6.07) is 13.2. The molecule has 2 unspecified atom stereocenters. The van der Waals surface area contributed by atoms with Crippen LogP contribution in [-0.2, 0) is 22.6 Å². The molecule has 5 heteroatoms. The first-order valence-electron chi connectivity index (χ1n) is 9.70. The number of nitrogens with one attached hydrogen (secondary N) is 1. The van der Waals surface area contributed by atoms with Crippen molar-refractivity contribution in [1.82, 2.24) is 10.2 Å². The molecule has 0 aliphatic heterocycles. The molecule has 0 spiro atoms. The minimum atomic E-state index is -0.608. The SMILES string of the molecule is CCC(C)NC(=O)C(C)N(Cc1ccc(C)cc1)C(=O)Cc1ccc(F)cc1. The van der Waals surface area contributed by atoms with Crippen LogP contribution in [0.1, 0.15) is 43.9 Å². The van der Waals surface area contributed by atoms with Gasteiger partial charge in [-0.25, -0.2) is 4.39 Å². The van der Waals surface area contributed by atoms with E-state index in [0.29, 0.717) is 6.54 Å². The molecule has 2 amide bonds. The molecule has 2 aromatic rings. The molecule has 1 N–H and O–H groups in total. The Kier molecular flexibility index (Phi) is 7.73. The summed E-state index contributed by atoms with van der Waals surface area (Å²) in [6.07, 6.45) is 0.938. The van der Waals surface area contributed by atoms with Crippen molar-refractivity contribution in [2.75, 3.05) is 0 Å². The van der Waals surface area contributed by atoms with Crippen molar-refractivity contribution in [3.63, 3.8) is 0 Å². The predicted molar refractivity (Wildman–Crippen MR) is 109 cm³/mol. The highest BCUT2D eigenvalue weighted by atomic mass is 19.1. The van der Waals surface area contributed by atoms with Gasteiger partial charge in [0.2, 0.25) is 11.8 Å². The summed E-state index contributed by atoms with van der Waals surface area (Å²) in [6.45, 7) is 8.03. The van der Waals surface area contributed by atoms with E-state index >= 15 is 0 Å². The van der Waals surface area contributed by atoms with Gasteiger partial charge < -0.3 is 10.2 Å². The highest BCUT2D eigenvalue weighted by Crippen LogP contribution is 2.14. The number of rotatable bonds is 8. The van der Waals surface area contributed by atoms with Crippen LogP contribution in [0.4, 0.5) is 4.39 Å². The van der Waals surface area contributed by atoms with Crippen molar-refractivity contribution in [1.29, 1.82) is 0 Å². The average Bonchev–Trinajstić information content (AvgIpc) is 2.68. The fraction of sp³-hybridized carbons (Fsp3) is 0.391. The predicted octanol–water partition coefficient (Wildman–Crippen LogP) is 4.01. The third-order valence-electron chi connectivity index (χ3n) is 4.91. The number of halogens is 1. The second kappa shape index (κ2) is 10.0. The van der Waals surface area contributed by atoms with Gasteiger partial charge in [-0.05, 0) is 50.5 Å². The van der Waals surface area contributed by atoms with Gasteiger partial charge in [-0.3, -0.25) is 9.59 Å². The van der Waals surface area contributed by atoms with Gasteiger partial charge in [0.15, 0.2) is 0 Å². The van der Waals surface area contributed by atoms with Crippen LogP contribution in [0.2, 0.25) is 0 Å². The van der Waals surface area contributed by atoms with Gasteiger partial charge in [0.25, 0.3) is 0 Å². The lowest BCUT2D eigenvalue weighted by molar-refractivity contribution is -0.140. The highest BCUT2D eigenvalue weighted by Gasteiger charge is 2.26. The largest absolute Gasteiger partial charge is 0.352 e. The molecule has 0 saturated heterocycles. The molecule has 0 aliphatic rings. The van der Waals surface area contributed by atoms with Crippen LogP contribution in [0.15, 0.2) is 48.5 Å². The van der Waals surface area contributed by atoms with Crippen molar-refractivity contribution < 1.29 is 14.0 Å². The Balaban J connectivity index is 2.20. The molecule has 0 aliphatic carbocycles. The number of carbonyl (C=O) groups excluding carboxylic acids is 2. The highest BCUT2D eigenvalue weighted by molar-refractivity contribution is 5.88. The summed E-state index contributed by atoms with van der Waals surface area (Å²) in [4.78, 5) is 27.3. The fourth-order valence-electron chi connectivity index (χ4n) is 2.82. The van der Waals surface area contributed by atoms with Crippen molar-refractivity contribution in [2.24, 2.45) is 0 Å². The Morgan fingerprint density at radius 2 is 1.57 bits per heavy atom. The molecule has 2 rings (SSSR count). The third kappa shape index (κ3) is 6.19. The maximum absolute atomic E-state index is 13.1. The first-order chi connectivity index (χ1) is 13.3. The molecule has 0 saturated carbocycles. The summed E-state index contributed by atoms with van der Waals surface area (Å²) in [5, 5.41) is 2.95. The molecule has 4 nitrogen and oxygen atoms in total. The number of aryl methyl sites for hydroxylation is 1. The Labute approximate surface area is 166 Å². The summed E-state index contributed by atoms with van der Waals surface area (Å²) in [5.41, 5.74) is 2.81. The van der Waals surface area contributed by atoms with Gasteiger partial charge in [-0.2, -0.15) is 0 Å². The monoisotopic (exact) mass is 384 g/mol. The van der Waals surface area contributed by atoms with Gasteiger partial charge in [0, 0.05) is 12.6 Å². The van der Waals surface area contributed by atoms with E-state index in [4.69, 9.17) is 0 Å². The minimum absolute atomic E-state index is 0.0448. The lowest BCUT2D eigenvalue weighted by Crippen LogP contribution is -2.49. The zero-order chi connectivity index (χ0) is 20.7. The van der Waals surface area contributed by atoms with Crippen LogP contribution < -0.4 is 5.32 Å². The number of benzene rings is 2. The number of nitrogens with zero attached hydrogens (tertiary/aromatic N) is 1. The zero-order valence-electron chi connectivity index (χ0n) is 17.0. The molecule has 0 bridgehead atoms. The van der Waals surface area contributed by atoms with E-state index in [-0.39, 0.29) is 30.1 Å². The lowest BCUT2D eigenvalue weighted by Gasteiger charge is -2.30. The van der Waals surface area contributed by atoms with E-state index in [2.05, 4.69) is 5.32 Å². The van der Waals surface area contributed by atoms with E-state index in [0.717, 1.165) is 23.1 Å². The van der Waals surface area contributed by atoms with Crippen LogP contribution >= 0.6 is 0 Å². The first-order valence-corrected chi connectivity index (χ1v) is 9.70. The van der Waals surface area contributed by atoms with Crippen molar-refractivity contribution in [3.05, 3.63) is 71.0 Å². The van der Waals surface area contributed by atoms with E-state index in [1.165, 1.54) is 12.1 Å². The van der Waals surface area contributed by atoms with Crippen LogP contribution in [0.5, 0.6) is 0 Å². The van der Waals surface area contributed by atoms with Crippen LogP contribution in [0.25, 0.3) is 0 Å². The molecule has 0 radical (unpaired) electrons. The molecule has 0 fully saturated rings. The molecule has 0 aromatic heterocycles. The Hall–Kier alpha value is -2.69. The lowest BCUT2D eigenvalue weighted by atomic mass is 10.1. The maximum atomic E-state index is 13.1. The van der Waals surface area contributed by atoms with Gasteiger partial charge in [-0.1, -0.05) is 48.9 Å². The molecule has 2 aromatic carbocycles. The summed E-state index contributed by atoms with van der Waals surface area (Å²) >= 11 is 0. The summed E-state index contributed by atoms with van der Waals surface area (Å²) in [5.74, 6) is -0.679. The van der Waals surface area contributed by atoms with Gasteiger partial charge in [0.1, 0.15) is 11.9 Å². The summed E-state index contributed by atoms with van der Waals surface area (Å²) in [7, 11) is 0. The molecule has 0 heterocycles. The van der Waals surface area contributed by atoms with E-state index in [9.17, 15) is 14.0 Å². The molecule has 2 atom stereocenters. The van der Waals surface area contributed by atoms with E-state index in [1.54, 1.807) is 24.0 Å². The second-order valence-electron chi connectivity index (χ2n) is 7.30. The van der Waals surface area contributed by atoms with Gasteiger partial charge in [0.05, 0.1) is 6.42 Å². The quantitative estimate of drug-likeness (QED) is 0.748. The normalized spacial score (nSPS) is 12.9. The average molecular weight is 384 g/mol. The number of hydrogen-bond donors (Lipinski definition) is 1.